The number of aromatic nitrogens is 3. The van der Waals surface area contributed by atoms with E-state index in [1.165, 1.54) is 0 Å². The molecule has 0 radical (unpaired) electrons. The molecule has 162 valence electrons. The standard InChI is InChI=1S/C22H27N7OS/c1-16-24-20(27-7-5-26(2)6-8-27)14-21(25-16)28-9-11-29(12-10-28)22(30)17-3-4-18-19(13-17)31-15-23-18/h3-4,13-15H,5-12H2,1-2H3. The first-order valence-electron chi connectivity index (χ1n) is 10.7. The lowest BCUT2D eigenvalue weighted by Gasteiger charge is -2.37. The number of carbonyl (C=O) groups excluding carboxylic acids is 1. The number of nitrogens with zero attached hydrogens (tertiary/aromatic N) is 7. The minimum Gasteiger partial charge on any atom is -0.354 e. The number of hydrogen-bond donors (Lipinski definition) is 0. The van der Waals surface area contributed by atoms with Crippen molar-refractivity contribution in [2.24, 2.45) is 0 Å². The molecule has 2 aliphatic rings. The topological polar surface area (TPSA) is 68.7 Å². The Morgan fingerprint density at radius 3 is 2.23 bits per heavy atom. The van der Waals surface area contributed by atoms with E-state index in [-0.39, 0.29) is 5.91 Å². The van der Waals surface area contributed by atoms with Gasteiger partial charge in [-0.15, -0.1) is 11.3 Å². The first kappa shape index (κ1) is 20.1. The van der Waals surface area contributed by atoms with Gasteiger partial charge in [-0.05, 0) is 32.2 Å². The Hall–Kier alpha value is -2.78. The third kappa shape index (κ3) is 4.20. The van der Waals surface area contributed by atoms with Gasteiger partial charge in [-0.2, -0.15) is 0 Å². The number of thiazole rings is 1. The highest BCUT2D eigenvalue weighted by Gasteiger charge is 2.24. The SMILES string of the molecule is Cc1nc(N2CCN(C)CC2)cc(N2CCN(C(=O)c3ccc4ncsc4c3)CC2)n1. The average molecular weight is 438 g/mol. The summed E-state index contributed by atoms with van der Waals surface area (Å²) in [5.74, 6) is 2.85. The average Bonchev–Trinajstić information content (AvgIpc) is 3.27. The van der Waals surface area contributed by atoms with Crippen LogP contribution in [0.3, 0.4) is 0 Å². The molecule has 0 N–H and O–H groups in total. The van der Waals surface area contributed by atoms with Gasteiger partial charge in [-0.1, -0.05) is 0 Å². The maximum atomic E-state index is 13.0. The molecule has 2 aromatic heterocycles. The summed E-state index contributed by atoms with van der Waals surface area (Å²) in [6.45, 7) is 8.94. The van der Waals surface area contributed by atoms with Gasteiger partial charge in [0.2, 0.25) is 0 Å². The van der Waals surface area contributed by atoms with Gasteiger partial charge in [0.05, 0.1) is 15.7 Å². The van der Waals surface area contributed by atoms with Crippen LogP contribution in [0.15, 0.2) is 29.8 Å². The monoisotopic (exact) mass is 437 g/mol. The summed E-state index contributed by atoms with van der Waals surface area (Å²) in [5, 5.41) is 0. The highest BCUT2D eigenvalue weighted by molar-refractivity contribution is 7.16. The Morgan fingerprint density at radius 2 is 1.55 bits per heavy atom. The molecule has 9 heteroatoms. The van der Waals surface area contributed by atoms with Crippen molar-refractivity contribution in [3.8, 4) is 0 Å². The quantitative estimate of drug-likeness (QED) is 0.622. The van der Waals surface area contributed by atoms with Crippen LogP contribution in [0.2, 0.25) is 0 Å². The van der Waals surface area contributed by atoms with Crippen molar-refractivity contribution in [2.45, 2.75) is 6.92 Å². The minimum absolute atomic E-state index is 0.0898. The van der Waals surface area contributed by atoms with E-state index in [0.29, 0.717) is 13.1 Å². The van der Waals surface area contributed by atoms with Crippen LogP contribution in [0.5, 0.6) is 0 Å². The zero-order chi connectivity index (χ0) is 21.4. The fourth-order valence-electron chi connectivity index (χ4n) is 4.21. The second kappa shape index (κ2) is 8.39. The van der Waals surface area contributed by atoms with E-state index in [2.05, 4.69) is 37.8 Å². The fraction of sp³-hybridized carbons (Fsp3) is 0.455. The fourth-order valence-corrected chi connectivity index (χ4v) is 4.92. The lowest BCUT2D eigenvalue weighted by Crippen LogP contribution is -2.49. The van der Waals surface area contributed by atoms with Crippen molar-refractivity contribution < 1.29 is 4.79 Å². The summed E-state index contributed by atoms with van der Waals surface area (Å²) >= 11 is 1.57. The molecule has 8 nitrogen and oxygen atoms in total. The van der Waals surface area contributed by atoms with Gasteiger partial charge in [-0.3, -0.25) is 4.79 Å². The first-order valence-corrected chi connectivity index (χ1v) is 11.6. The second-order valence-corrected chi connectivity index (χ2v) is 9.12. The van der Waals surface area contributed by atoms with Crippen molar-refractivity contribution >= 4 is 39.1 Å². The van der Waals surface area contributed by atoms with Crippen LogP contribution in [0, 0.1) is 6.92 Å². The molecule has 0 saturated carbocycles. The van der Waals surface area contributed by atoms with Gasteiger partial charge in [0.15, 0.2) is 0 Å². The van der Waals surface area contributed by atoms with Crippen LogP contribution < -0.4 is 9.80 Å². The molecule has 2 aliphatic heterocycles. The number of rotatable bonds is 3. The van der Waals surface area contributed by atoms with Crippen molar-refractivity contribution in [1.82, 2.24) is 24.8 Å². The van der Waals surface area contributed by atoms with Crippen LogP contribution in [-0.2, 0) is 0 Å². The highest BCUT2D eigenvalue weighted by atomic mass is 32.1. The molecule has 0 aliphatic carbocycles. The number of carbonyl (C=O) groups is 1. The summed E-state index contributed by atoms with van der Waals surface area (Å²) in [6, 6.07) is 7.87. The first-order chi connectivity index (χ1) is 15.1. The molecule has 0 spiro atoms. The second-order valence-electron chi connectivity index (χ2n) is 8.24. The van der Waals surface area contributed by atoms with Gasteiger partial charge in [0.25, 0.3) is 5.91 Å². The third-order valence-corrected chi connectivity index (χ3v) is 6.90. The molecule has 0 bridgehead atoms. The van der Waals surface area contributed by atoms with E-state index < -0.39 is 0 Å². The number of hydrogen-bond acceptors (Lipinski definition) is 8. The van der Waals surface area contributed by atoms with Gasteiger partial charge < -0.3 is 19.6 Å². The lowest BCUT2D eigenvalue weighted by molar-refractivity contribution is 0.0746. The predicted octanol–water partition coefficient (Wildman–Crippen LogP) is 2.11. The van der Waals surface area contributed by atoms with E-state index in [1.54, 1.807) is 11.3 Å². The summed E-state index contributed by atoms with van der Waals surface area (Å²) in [6.07, 6.45) is 0. The Morgan fingerprint density at radius 1 is 0.903 bits per heavy atom. The Labute approximate surface area is 186 Å². The summed E-state index contributed by atoms with van der Waals surface area (Å²) in [4.78, 5) is 35.6. The Balaban J connectivity index is 1.26. The van der Waals surface area contributed by atoms with Crippen LogP contribution in [0.1, 0.15) is 16.2 Å². The van der Waals surface area contributed by atoms with Crippen molar-refractivity contribution in [2.75, 3.05) is 69.2 Å². The van der Waals surface area contributed by atoms with Crippen LogP contribution in [0.25, 0.3) is 10.2 Å². The van der Waals surface area contributed by atoms with Gasteiger partial charge >= 0.3 is 0 Å². The molecule has 4 heterocycles. The molecule has 0 atom stereocenters. The number of benzene rings is 1. The largest absolute Gasteiger partial charge is 0.354 e. The maximum Gasteiger partial charge on any atom is 0.254 e. The van der Waals surface area contributed by atoms with E-state index in [0.717, 1.165) is 72.5 Å². The molecular weight excluding hydrogens is 410 g/mol. The summed E-state index contributed by atoms with van der Waals surface area (Å²) < 4.78 is 1.05. The van der Waals surface area contributed by atoms with E-state index in [9.17, 15) is 4.79 Å². The van der Waals surface area contributed by atoms with E-state index in [1.807, 2.05) is 35.5 Å². The molecular formula is C22H27N7OS. The number of fused-ring (bicyclic) bond motifs is 1. The minimum atomic E-state index is 0.0898. The normalized spacial score (nSPS) is 18.1. The lowest BCUT2D eigenvalue weighted by atomic mass is 10.1. The molecule has 1 amide bonds. The van der Waals surface area contributed by atoms with Gasteiger partial charge in [0, 0.05) is 64.0 Å². The van der Waals surface area contributed by atoms with Crippen LogP contribution in [0.4, 0.5) is 11.6 Å². The highest BCUT2D eigenvalue weighted by Crippen LogP contribution is 2.23. The smallest absolute Gasteiger partial charge is 0.254 e. The molecule has 2 fully saturated rings. The van der Waals surface area contributed by atoms with E-state index in [4.69, 9.17) is 4.98 Å². The Bertz CT molecular complexity index is 1080. The molecule has 5 rings (SSSR count). The number of piperazine rings is 2. The number of anilines is 2. The number of amides is 1. The van der Waals surface area contributed by atoms with E-state index >= 15 is 0 Å². The zero-order valence-electron chi connectivity index (χ0n) is 18.0. The van der Waals surface area contributed by atoms with Crippen LogP contribution >= 0.6 is 11.3 Å². The maximum absolute atomic E-state index is 13.0. The third-order valence-electron chi connectivity index (χ3n) is 6.11. The summed E-state index contributed by atoms with van der Waals surface area (Å²) in [5.41, 5.74) is 3.50. The Kier molecular flexibility index (Phi) is 5.45. The van der Waals surface area contributed by atoms with Gasteiger partial charge in [0.1, 0.15) is 17.5 Å². The number of aryl methyl sites for hydroxylation is 1. The van der Waals surface area contributed by atoms with Crippen molar-refractivity contribution in [3.63, 3.8) is 0 Å². The van der Waals surface area contributed by atoms with Crippen LogP contribution in [-0.4, -0.2) is 90.1 Å². The number of likely N-dealkylation sites (N-methyl/N-ethyl adjacent to an activating group) is 1. The van der Waals surface area contributed by atoms with Crippen molar-refractivity contribution in [1.29, 1.82) is 0 Å². The predicted molar refractivity (Wildman–Crippen MR) is 124 cm³/mol. The summed E-state index contributed by atoms with van der Waals surface area (Å²) in [7, 11) is 2.16. The zero-order valence-corrected chi connectivity index (χ0v) is 18.8. The molecule has 31 heavy (non-hydrogen) atoms. The van der Waals surface area contributed by atoms with Crippen molar-refractivity contribution in [3.05, 3.63) is 41.2 Å². The molecule has 3 aromatic rings. The molecule has 1 aromatic carbocycles. The molecule has 0 unspecified atom stereocenters. The molecule has 2 saturated heterocycles. The van der Waals surface area contributed by atoms with Gasteiger partial charge in [-0.25, -0.2) is 15.0 Å².